The topological polar surface area (TPSA) is 38.3 Å². The summed E-state index contributed by atoms with van der Waals surface area (Å²) in [6.07, 6.45) is 2.26. The minimum absolute atomic E-state index is 0.00828. The molecule has 0 aromatic heterocycles. The SMILES string of the molecule is COC(=O)C[C@@H]1CCCN[C@H]1C1C=CC(C(F)(F)F)=CC1. The zero-order chi connectivity index (χ0) is 15.5. The molecule has 1 saturated heterocycles. The molecule has 0 spiro atoms. The minimum Gasteiger partial charge on any atom is -0.469 e. The lowest BCUT2D eigenvalue weighted by Gasteiger charge is -2.37. The van der Waals surface area contributed by atoms with Crippen LogP contribution in [0.2, 0.25) is 0 Å². The van der Waals surface area contributed by atoms with Crippen molar-refractivity contribution in [2.45, 2.75) is 37.9 Å². The Morgan fingerprint density at radius 1 is 1.48 bits per heavy atom. The van der Waals surface area contributed by atoms with Crippen molar-refractivity contribution in [1.29, 1.82) is 0 Å². The molecule has 0 radical (unpaired) electrons. The second kappa shape index (κ2) is 6.64. The quantitative estimate of drug-likeness (QED) is 0.815. The van der Waals surface area contributed by atoms with Gasteiger partial charge in [0.05, 0.1) is 12.7 Å². The van der Waals surface area contributed by atoms with Crippen molar-refractivity contribution < 1.29 is 22.7 Å². The Bertz CT molecular complexity index is 443. The average Bonchev–Trinajstić information content (AvgIpc) is 2.47. The van der Waals surface area contributed by atoms with Crippen LogP contribution < -0.4 is 5.32 Å². The molecule has 118 valence electrons. The molecule has 1 heterocycles. The lowest BCUT2D eigenvalue weighted by Crippen LogP contribution is -2.46. The van der Waals surface area contributed by atoms with Gasteiger partial charge in [0.2, 0.25) is 0 Å². The summed E-state index contributed by atoms with van der Waals surface area (Å²) in [4.78, 5) is 11.5. The molecule has 0 bridgehead atoms. The standard InChI is InChI=1S/C15H20F3NO2/c1-21-13(20)9-11-3-2-8-19-14(11)10-4-6-12(7-5-10)15(16,17)18/h4,6-7,10-11,14,19H,2-3,5,8-9H2,1H3/t10?,11-,14-/m0/s1. The number of nitrogens with one attached hydrogen (secondary N) is 1. The Morgan fingerprint density at radius 3 is 2.81 bits per heavy atom. The van der Waals surface area contributed by atoms with Crippen molar-refractivity contribution in [2.24, 2.45) is 11.8 Å². The number of carbonyl (C=O) groups is 1. The number of halogens is 3. The number of ether oxygens (including phenoxy) is 1. The van der Waals surface area contributed by atoms with Gasteiger partial charge in [-0.2, -0.15) is 13.2 Å². The van der Waals surface area contributed by atoms with Crippen LogP contribution in [0.15, 0.2) is 23.8 Å². The molecule has 1 aliphatic carbocycles. The summed E-state index contributed by atoms with van der Waals surface area (Å²) in [5.41, 5.74) is -0.584. The first kappa shape index (κ1) is 16.1. The third kappa shape index (κ3) is 4.09. The largest absolute Gasteiger partial charge is 0.469 e. The van der Waals surface area contributed by atoms with Crippen LogP contribution in [0.4, 0.5) is 13.2 Å². The van der Waals surface area contributed by atoms with Crippen LogP contribution in [0.5, 0.6) is 0 Å². The van der Waals surface area contributed by atoms with Gasteiger partial charge < -0.3 is 10.1 Å². The highest BCUT2D eigenvalue weighted by atomic mass is 19.4. The van der Waals surface area contributed by atoms with Crippen LogP contribution >= 0.6 is 0 Å². The maximum Gasteiger partial charge on any atom is 0.416 e. The Kier molecular flexibility index (Phi) is 5.08. The van der Waals surface area contributed by atoms with Crippen molar-refractivity contribution in [2.75, 3.05) is 13.7 Å². The van der Waals surface area contributed by atoms with Gasteiger partial charge in [0.15, 0.2) is 0 Å². The highest BCUT2D eigenvalue weighted by molar-refractivity contribution is 5.69. The lowest BCUT2D eigenvalue weighted by atomic mass is 9.77. The van der Waals surface area contributed by atoms with Gasteiger partial charge in [0, 0.05) is 12.5 Å². The van der Waals surface area contributed by atoms with E-state index in [0.29, 0.717) is 12.8 Å². The van der Waals surface area contributed by atoms with Crippen molar-refractivity contribution in [3.63, 3.8) is 0 Å². The number of piperidine rings is 1. The third-order valence-electron chi connectivity index (χ3n) is 4.22. The van der Waals surface area contributed by atoms with Crippen LogP contribution in [0.25, 0.3) is 0 Å². The van der Waals surface area contributed by atoms with Gasteiger partial charge in [-0.1, -0.05) is 18.2 Å². The number of esters is 1. The van der Waals surface area contributed by atoms with Crippen molar-refractivity contribution >= 4 is 5.97 Å². The van der Waals surface area contributed by atoms with Crippen LogP contribution in [-0.2, 0) is 9.53 Å². The molecular weight excluding hydrogens is 283 g/mol. The molecular formula is C15H20F3NO2. The highest BCUT2D eigenvalue weighted by Gasteiger charge is 2.36. The molecule has 2 aliphatic rings. The summed E-state index contributed by atoms with van der Waals surface area (Å²) >= 11 is 0. The maximum absolute atomic E-state index is 12.6. The normalized spacial score (nSPS) is 29.9. The van der Waals surface area contributed by atoms with Crippen LogP contribution in [0.3, 0.4) is 0 Å². The van der Waals surface area contributed by atoms with E-state index in [0.717, 1.165) is 25.5 Å². The van der Waals surface area contributed by atoms with Crippen LogP contribution in [0, 0.1) is 11.8 Å². The maximum atomic E-state index is 12.6. The van der Waals surface area contributed by atoms with Crippen LogP contribution in [0.1, 0.15) is 25.7 Å². The predicted octanol–water partition coefficient (Wildman–Crippen LogP) is 2.98. The second-order valence-corrected chi connectivity index (χ2v) is 5.58. The van der Waals surface area contributed by atoms with E-state index in [2.05, 4.69) is 5.32 Å². The fraction of sp³-hybridized carbons (Fsp3) is 0.667. The molecule has 3 nitrogen and oxygen atoms in total. The predicted molar refractivity (Wildman–Crippen MR) is 72.5 cm³/mol. The molecule has 3 atom stereocenters. The van der Waals surface area contributed by atoms with E-state index in [1.807, 2.05) is 0 Å². The molecule has 1 unspecified atom stereocenters. The van der Waals surface area contributed by atoms with E-state index < -0.39 is 11.7 Å². The molecule has 21 heavy (non-hydrogen) atoms. The molecule has 0 saturated carbocycles. The van der Waals surface area contributed by atoms with Gasteiger partial charge >= 0.3 is 12.1 Å². The fourth-order valence-corrected chi connectivity index (χ4v) is 3.12. The molecule has 2 rings (SSSR count). The lowest BCUT2D eigenvalue weighted by molar-refractivity contribution is -0.142. The number of allylic oxidation sites excluding steroid dienone is 3. The zero-order valence-corrected chi connectivity index (χ0v) is 12.0. The fourth-order valence-electron chi connectivity index (χ4n) is 3.12. The first-order chi connectivity index (χ1) is 9.91. The van der Waals surface area contributed by atoms with Crippen molar-refractivity contribution in [3.05, 3.63) is 23.8 Å². The van der Waals surface area contributed by atoms with Gasteiger partial charge in [0.25, 0.3) is 0 Å². The number of hydrogen-bond acceptors (Lipinski definition) is 3. The monoisotopic (exact) mass is 303 g/mol. The van der Waals surface area contributed by atoms with Crippen LogP contribution in [-0.4, -0.2) is 31.8 Å². The molecule has 0 aromatic rings. The Balaban J connectivity index is 2.02. The first-order valence-corrected chi connectivity index (χ1v) is 7.17. The van der Waals surface area contributed by atoms with Crippen molar-refractivity contribution in [1.82, 2.24) is 5.32 Å². The number of carbonyl (C=O) groups excluding carboxylic acids is 1. The summed E-state index contributed by atoms with van der Waals surface area (Å²) in [5.74, 6) is -0.159. The van der Waals surface area contributed by atoms with Gasteiger partial charge in [-0.15, -0.1) is 0 Å². The van der Waals surface area contributed by atoms with E-state index in [1.165, 1.54) is 13.2 Å². The summed E-state index contributed by atoms with van der Waals surface area (Å²) < 4.78 is 42.5. The smallest absolute Gasteiger partial charge is 0.416 e. The first-order valence-electron chi connectivity index (χ1n) is 7.17. The molecule has 1 aliphatic heterocycles. The highest BCUT2D eigenvalue weighted by Crippen LogP contribution is 2.35. The summed E-state index contributed by atoms with van der Waals surface area (Å²) in [5, 5.41) is 3.35. The minimum atomic E-state index is -4.28. The zero-order valence-electron chi connectivity index (χ0n) is 12.0. The van der Waals surface area contributed by atoms with E-state index in [4.69, 9.17) is 4.74 Å². The average molecular weight is 303 g/mol. The Morgan fingerprint density at radius 2 is 2.24 bits per heavy atom. The van der Waals surface area contributed by atoms with Gasteiger partial charge in [0.1, 0.15) is 0 Å². The van der Waals surface area contributed by atoms with E-state index in [9.17, 15) is 18.0 Å². The summed E-state index contributed by atoms with van der Waals surface area (Å²) in [7, 11) is 1.35. The molecule has 1 fully saturated rings. The van der Waals surface area contributed by atoms with E-state index >= 15 is 0 Å². The molecule has 0 amide bonds. The van der Waals surface area contributed by atoms with Gasteiger partial charge in [-0.3, -0.25) is 4.79 Å². The van der Waals surface area contributed by atoms with E-state index in [1.54, 1.807) is 6.08 Å². The summed E-state index contributed by atoms with van der Waals surface area (Å²) in [6, 6.07) is 0.0279. The Labute approximate surface area is 122 Å². The third-order valence-corrected chi connectivity index (χ3v) is 4.22. The van der Waals surface area contributed by atoms with Gasteiger partial charge in [-0.25, -0.2) is 0 Å². The molecule has 1 N–H and O–H groups in total. The number of rotatable bonds is 3. The molecule has 0 aromatic carbocycles. The number of methoxy groups -OCH3 is 1. The van der Waals surface area contributed by atoms with Crippen molar-refractivity contribution in [3.8, 4) is 0 Å². The number of alkyl halides is 3. The Hall–Kier alpha value is -1.30. The second-order valence-electron chi connectivity index (χ2n) is 5.58. The summed E-state index contributed by atoms with van der Waals surface area (Å²) in [6.45, 7) is 0.836. The molecule has 6 heteroatoms. The van der Waals surface area contributed by atoms with E-state index in [-0.39, 0.29) is 23.8 Å². The van der Waals surface area contributed by atoms with Gasteiger partial charge in [-0.05, 0) is 37.6 Å². The number of hydrogen-bond donors (Lipinski definition) is 1.